The van der Waals surface area contributed by atoms with E-state index in [1.807, 2.05) is 29.5 Å². The molecule has 100 valence electrons. The molecular formula is C14H13FINO2. The number of methoxy groups -OCH3 is 1. The van der Waals surface area contributed by atoms with Crippen molar-refractivity contribution in [3.63, 3.8) is 0 Å². The number of halogens is 2. The molecule has 2 aromatic rings. The molecule has 0 aliphatic rings. The number of ether oxygens (including phenoxy) is 1. The van der Waals surface area contributed by atoms with Crippen LogP contribution in [0.3, 0.4) is 0 Å². The van der Waals surface area contributed by atoms with Crippen LogP contribution in [0, 0.1) is 9.39 Å². The Kier molecular flexibility index (Phi) is 4.24. The van der Waals surface area contributed by atoms with Crippen molar-refractivity contribution in [1.29, 1.82) is 0 Å². The molecule has 2 rings (SSSR count). The van der Waals surface area contributed by atoms with E-state index >= 15 is 0 Å². The van der Waals surface area contributed by atoms with E-state index in [1.165, 1.54) is 13.2 Å². The van der Waals surface area contributed by atoms with Crippen molar-refractivity contribution in [2.75, 3.05) is 7.11 Å². The molecule has 0 N–H and O–H groups in total. The molecule has 0 saturated heterocycles. The van der Waals surface area contributed by atoms with Crippen LogP contribution in [0.5, 0.6) is 5.75 Å². The summed E-state index contributed by atoms with van der Waals surface area (Å²) in [5.74, 6) is 0.0549. The first-order valence-electron chi connectivity index (χ1n) is 5.81. The van der Waals surface area contributed by atoms with Gasteiger partial charge in [0.15, 0.2) is 0 Å². The zero-order valence-corrected chi connectivity index (χ0v) is 12.8. The molecule has 1 aromatic carbocycles. The van der Waals surface area contributed by atoms with Crippen LogP contribution in [-0.4, -0.2) is 11.7 Å². The number of aromatic nitrogens is 1. The predicted molar refractivity (Wildman–Crippen MR) is 81.0 cm³/mol. The number of pyridine rings is 1. The molecule has 19 heavy (non-hydrogen) atoms. The van der Waals surface area contributed by atoms with Crippen LogP contribution in [0.1, 0.15) is 6.92 Å². The minimum absolute atomic E-state index is 0.101. The lowest BCUT2D eigenvalue weighted by molar-refractivity contribution is 0.411. The van der Waals surface area contributed by atoms with Gasteiger partial charge >= 0.3 is 0 Å². The Labute approximate surface area is 124 Å². The van der Waals surface area contributed by atoms with Crippen molar-refractivity contribution in [2.24, 2.45) is 0 Å². The zero-order valence-electron chi connectivity index (χ0n) is 10.6. The highest BCUT2D eigenvalue weighted by Gasteiger charge is 2.12. The van der Waals surface area contributed by atoms with E-state index in [-0.39, 0.29) is 5.56 Å². The number of nitrogens with zero attached hydrogens (tertiary/aromatic N) is 1. The zero-order chi connectivity index (χ0) is 14.0. The highest BCUT2D eigenvalue weighted by molar-refractivity contribution is 14.1. The number of rotatable bonds is 3. The van der Waals surface area contributed by atoms with E-state index in [9.17, 15) is 9.18 Å². The van der Waals surface area contributed by atoms with Gasteiger partial charge in [-0.1, -0.05) is 0 Å². The number of hydrogen-bond acceptors (Lipinski definition) is 2. The fourth-order valence-corrected chi connectivity index (χ4v) is 2.40. The van der Waals surface area contributed by atoms with Gasteiger partial charge in [0.1, 0.15) is 11.6 Å². The van der Waals surface area contributed by atoms with Crippen LogP contribution in [0.2, 0.25) is 0 Å². The molecule has 0 bridgehead atoms. The smallest absolute Gasteiger partial charge is 0.264 e. The Hall–Kier alpha value is -1.37. The van der Waals surface area contributed by atoms with Gasteiger partial charge in [-0.15, -0.1) is 0 Å². The monoisotopic (exact) mass is 373 g/mol. The molecule has 0 fully saturated rings. The van der Waals surface area contributed by atoms with Gasteiger partial charge in [0.05, 0.1) is 16.4 Å². The van der Waals surface area contributed by atoms with Crippen molar-refractivity contribution in [3.8, 4) is 17.0 Å². The molecule has 1 heterocycles. The third-order valence-corrected chi connectivity index (χ3v) is 3.72. The van der Waals surface area contributed by atoms with Crippen molar-refractivity contribution in [2.45, 2.75) is 13.5 Å². The highest BCUT2D eigenvalue weighted by Crippen LogP contribution is 2.25. The molecular weight excluding hydrogens is 360 g/mol. The van der Waals surface area contributed by atoms with Gasteiger partial charge in [0, 0.05) is 18.2 Å². The van der Waals surface area contributed by atoms with E-state index in [4.69, 9.17) is 4.74 Å². The Bertz CT molecular complexity index is 667. The molecule has 0 atom stereocenters. The third kappa shape index (κ3) is 2.65. The summed E-state index contributed by atoms with van der Waals surface area (Å²) in [4.78, 5) is 12.0. The van der Waals surface area contributed by atoms with Gasteiger partial charge in [0.2, 0.25) is 0 Å². The summed E-state index contributed by atoms with van der Waals surface area (Å²) in [6.45, 7) is 2.36. The first-order chi connectivity index (χ1) is 9.08. The maximum atomic E-state index is 14.1. The first kappa shape index (κ1) is 14.0. The second-order valence-electron chi connectivity index (χ2n) is 3.96. The van der Waals surface area contributed by atoms with Gasteiger partial charge in [-0.05, 0) is 53.8 Å². The van der Waals surface area contributed by atoms with Crippen LogP contribution >= 0.6 is 22.6 Å². The minimum Gasteiger partial charge on any atom is -0.497 e. The average molecular weight is 373 g/mol. The quantitative estimate of drug-likeness (QED) is 0.774. The molecule has 0 aliphatic heterocycles. The summed E-state index contributed by atoms with van der Waals surface area (Å²) in [6, 6.07) is 8.09. The minimum atomic E-state index is -0.401. The fourth-order valence-electron chi connectivity index (χ4n) is 1.93. The van der Waals surface area contributed by atoms with Gasteiger partial charge in [0.25, 0.3) is 5.56 Å². The van der Waals surface area contributed by atoms with Gasteiger partial charge in [-0.2, -0.15) is 0 Å². The van der Waals surface area contributed by atoms with Crippen molar-refractivity contribution >= 4 is 22.6 Å². The Morgan fingerprint density at radius 2 is 2.05 bits per heavy atom. The third-order valence-electron chi connectivity index (χ3n) is 2.90. The standard InChI is InChI=1S/C14H13FINO2/c1-3-17-13(7-6-12(16)14(17)18)10-5-4-9(19-2)8-11(10)15/h4-8H,3H2,1-2H3. The summed E-state index contributed by atoms with van der Waals surface area (Å²) in [6.07, 6.45) is 0. The van der Waals surface area contributed by atoms with Crippen molar-refractivity contribution in [3.05, 3.63) is 50.1 Å². The normalized spacial score (nSPS) is 10.5. The Morgan fingerprint density at radius 1 is 1.32 bits per heavy atom. The maximum Gasteiger partial charge on any atom is 0.264 e. The molecule has 0 amide bonds. The second-order valence-corrected chi connectivity index (χ2v) is 5.12. The van der Waals surface area contributed by atoms with Gasteiger partial charge in [-0.3, -0.25) is 4.79 Å². The van der Waals surface area contributed by atoms with Gasteiger partial charge < -0.3 is 9.30 Å². The van der Waals surface area contributed by atoms with Crippen LogP contribution in [0.15, 0.2) is 35.1 Å². The SMILES string of the molecule is CCn1c(-c2ccc(OC)cc2F)ccc(I)c1=O. The van der Waals surface area contributed by atoms with Gasteiger partial charge in [-0.25, -0.2) is 4.39 Å². The Morgan fingerprint density at radius 3 is 2.63 bits per heavy atom. The topological polar surface area (TPSA) is 31.2 Å². The van der Waals surface area contributed by atoms with E-state index in [0.717, 1.165) is 0 Å². The summed E-state index contributed by atoms with van der Waals surface area (Å²) in [5, 5.41) is 0. The molecule has 0 radical (unpaired) electrons. The first-order valence-corrected chi connectivity index (χ1v) is 6.89. The highest BCUT2D eigenvalue weighted by atomic mass is 127. The molecule has 5 heteroatoms. The lowest BCUT2D eigenvalue weighted by atomic mass is 10.1. The van der Waals surface area contributed by atoms with E-state index in [2.05, 4.69) is 0 Å². The van der Waals surface area contributed by atoms with Crippen molar-refractivity contribution in [1.82, 2.24) is 4.57 Å². The fraction of sp³-hybridized carbons (Fsp3) is 0.214. The van der Waals surface area contributed by atoms with E-state index in [0.29, 0.717) is 27.1 Å². The summed E-state index contributed by atoms with van der Waals surface area (Å²) < 4.78 is 21.2. The lowest BCUT2D eigenvalue weighted by Gasteiger charge is -2.12. The summed E-state index contributed by atoms with van der Waals surface area (Å²) >= 11 is 1.98. The predicted octanol–water partition coefficient (Wildman–Crippen LogP) is 3.29. The second kappa shape index (κ2) is 5.73. The average Bonchev–Trinajstić information content (AvgIpc) is 2.42. The summed E-state index contributed by atoms with van der Waals surface area (Å²) in [5.41, 5.74) is 0.875. The number of benzene rings is 1. The molecule has 0 unspecified atom stereocenters. The van der Waals surface area contributed by atoms with Crippen LogP contribution in [-0.2, 0) is 6.54 Å². The van der Waals surface area contributed by atoms with Crippen LogP contribution in [0.25, 0.3) is 11.3 Å². The summed E-state index contributed by atoms with van der Waals surface area (Å²) in [7, 11) is 1.49. The van der Waals surface area contributed by atoms with Crippen LogP contribution in [0.4, 0.5) is 4.39 Å². The Balaban J connectivity index is 2.66. The molecule has 1 aromatic heterocycles. The largest absolute Gasteiger partial charge is 0.497 e. The molecule has 0 spiro atoms. The van der Waals surface area contributed by atoms with E-state index in [1.54, 1.807) is 28.8 Å². The van der Waals surface area contributed by atoms with Crippen molar-refractivity contribution < 1.29 is 9.13 Å². The lowest BCUT2D eigenvalue weighted by Crippen LogP contribution is -2.23. The molecule has 3 nitrogen and oxygen atoms in total. The van der Waals surface area contributed by atoms with Crippen LogP contribution < -0.4 is 10.3 Å². The number of hydrogen-bond donors (Lipinski definition) is 0. The maximum absolute atomic E-state index is 14.1. The molecule has 0 aliphatic carbocycles. The van der Waals surface area contributed by atoms with E-state index < -0.39 is 5.82 Å². The molecule has 0 saturated carbocycles.